The number of rotatable bonds is 4. The van der Waals surface area contributed by atoms with Gasteiger partial charge in [0.25, 0.3) is 0 Å². The number of hydrogen-bond donors (Lipinski definition) is 2. The van der Waals surface area contributed by atoms with Crippen molar-refractivity contribution >= 4 is 5.91 Å². The number of nitrogens with two attached hydrogens (primary N) is 1. The molecule has 3 atom stereocenters. The molecule has 0 radical (unpaired) electrons. The first kappa shape index (κ1) is 16.1. The SMILES string of the molecule is NC1CCC(NC(=O)C2(Cc3ccccc3)CC3CCC2C3)CC1. The molecule has 3 saturated carbocycles. The van der Waals surface area contributed by atoms with Crippen molar-refractivity contribution in [1.29, 1.82) is 0 Å². The number of hydrogen-bond acceptors (Lipinski definition) is 2. The molecule has 0 aliphatic heterocycles. The van der Waals surface area contributed by atoms with E-state index in [0.29, 0.717) is 23.9 Å². The first-order valence-electron chi connectivity index (χ1n) is 9.76. The molecule has 3 nitrogen and oxygen atoms in total. The molecule has 24 heavy (non-hydrogen) atoms. The van der Waals surface area contributed by atoms with Gasteiger partial charge >= 0.3 is 0 Å². The van der Waals surface area contributed by atoms with Crippen LogP contribution in [0.3, 0.4) is 0 Å². The first-order valence-corrected chi connectivity index (χ1v) is 9.76. The zero-order chi connectivity index (χ0) is 16.6. The predicted molar refractivity (Wildman–Crippen MR) is 96.4 cm³/mol. The summed E-state index contributed by atoms with van der Waals surface area (Å²) in [6, 6.07) is 11.3. The summed E-state index contributed by atoms with van der Waals surface area (Å²) in [5.41, 5.74) is 7.16. The highest BCUT2D eigenvalue weighted by Crippen LogP contribution is 2.57. The van der Waals surface area contributed by atoms with Gasteiger partial charge in [0.15, 0.2) is 0 Å². The Morgan fingerprint density at radius 1 is 1.08 bits per heavy atom. The lowest BCUT2D eigenvalue weighted by atomic mass is 9.68. The summed E-state index contributed by atoms with van der Waals surface area (Å²) in [5.74, 6) is 1.68. The van der Waals surface area contributed by atoms with Crippen LogP contribution >= 0.6 is 0 Å². The first-order chi connectivity index (χ1) is 11.7. The molecule has 2 bridgehead atoms. The third-order valence-corrected chi connectivity index (χ3v) is 6.90. The zero-order valence-electron chi connectivity index (χ0n) is 14.5. The summed E-state index contributed by atoms with van der Waals surface area (Å²) < 4.78 is 0. The fourth-order valence-electron chi connectivity index (χ4n) is 5.57. The van der Waals surface area contributed by atoms with E-state index in [-0.39, 0.29) is 5.41 Å². The maximum atomic E-state index is 13.4. The van der Waals surface area contributed by atoms with Gasteiger partial charge in [-0.25, -0.2) is 0 Å². The third-order valence-electron chi connectivity index (χ3n) is 6.90. The topological polar surface area (TPSA) is 55.1 Å². The second-order valence-corrected chi connectivity index (χ2v) is 8.48. The summed E-state index contributed by atoms with van der Waals surface area (Å²) in [6.45, 7) is 0. The van der Waals surface area contributed by atoms with Crippen LogP contribution < -0.4 is 11.1 Å². The molecule has 3 aliphatic rings. The molecule has 3 heteroatoms. The molecule has 4 rings (SSSR count). The fraction of sp³-hybridized carbons (Fsp3) is 0.667. The molecule has 130 valence electrons. The maximum Gasteiger partial charge on any atom is 0.227 e. The molecular formula is C21H30N2O. The molecule has 0 heterocycles. The minimum Gasteiger partial charge on any atom is -0.353 e. The molecule has 3 aliphatic carbocycles. The van der Waals surface area contributed by atoms with E-state index in [1.165, 1.54) is 24.8 Å². The Morgan fingerprint density at radius 3 is 2.46 bits per heavy atom. The quantitative estimate of drug-likeness (QED) is 0.891. The summed E-state index contributed by atoms with van der Waals surface area (Å²) in [5, 5.41) is 3.43. The number of fused-ring (bicyclic) bond motifs is 2. The van der Waals surface area contributed by atoms with Crippen molar-refractivity contribution in [1.82, 2.24) is 5.32 Å². The average molecular weight is 326 g/mol. The number of carbonyl (C=O) groups excluding carboxylic acids is 1. The van der Waals surface area contributed by atoms with Crippen LogP contribution in [-0.4, -0.2) is 18.0 Å². The minimum atomic E-state index is -0.163. The van der Waals surface area contributed by atoms with Gasteiger partial charge in [-0.1, -0.05) is 36.8 Å². The van der Waals surface area contributed by atoms with Crippen LogP contribution in [0.25, 0.3) is 0 Å². The van der Waals surface area contributed by atoms with Crippen LogP contribution in [0.4, 0.5) is 0 Å². The number of benzene rings is 1. The van der Waals surface area contributed by atoms with Crippen molar-refractivity contribution in [2.24, 2.45) is 23.0 Å². The molecule has 3 fully saturated rings. The number of amides is 1. The summed E-state index contributed by atoms with van der Waals surface area (Å²) >= 11 is 0. The molecule has 1 aromatic rings. The van der Waals surface area contributed by atoms with Gasteiger partial charge in [-0.15, -0.1) is 0 Å². The highest BCUT2D eigenvalue weighted by atomic mass is 16.2. The van der Waals surface area contributed by atoms with E-state index in [1.807, 2.05) is 0 Å². The molecule has 0 aromatic heterocycles. The Labute approximate surface area is 145 Å². The summed E-state index contributed by atoms with van der Waals surface area (Å²) in [4.78, 5) is 13.4. The van der Waals surface area contributed by atoms with Gasteiger partial charge in [0.2, 0.25) is 5.91 Å². The predicted octanol–water partition coefficient (Wildman–Crippen LogP) is 3.42. The van der Waals surface area contributed by atoms with Gasteiger partial charge in [-0.3, -0.25) is 4.79 Å². The summed E-state index contributed by atoms with van der Waals surface area (Å²) in [7, 11) is 0. The van der Waals surface area contributed by atoms with Gasteiger partial charge < -0.3 is 11.1 Å². The van der Waals surface area contributed by atoms with Gasteiger partial charge in [-0.05, 0) is 68.8 Å². The summed E-state index contributed by atoms with van der Waals surface area (Å²) in [6.07, 6.45) is 10.00. The van der Waals surface area contributed by atoms with E-state index >= 15 is 0 Å². The second kappa shape index (κ2) is 6.51. The highest BCUT2D eigenvalue weighted by Gasteiger charge is 2.55. The van der Waals surface area contributed by atoms with Crippen LogP contribution in [-0.2, 0) is 11.2 Å². The van der Waals surface area contributed by atoms with E-state index in [9.17, 15) is 4.79 Å². The highest BCUT2D eigenvalue weighted by molar-refractivity contribution is 5.84. The van der Waals surface area contributed by atoms with E-state index in [0.717, 1.165) is 44.4 Å². The van der Waals surface area contributed by atoms with E-state index in [2.05, 4.69) is 35.6 Å². The van der Waals surface area contributed by atoms with Gasteiger partial charge in [0, 0.05) is 12.1 Å². The Hall–Kier alpha value is -1.35. The molecule has 0 spiro atoms. The lowest BCUT2D eigenvalue weighted by Crippen LogP contribution is -2.50. The van der Waals surface area contributed by atoms with E-state index < -0.39 is 0 Å². The minimum absolute atomic E-state index is 0.163. The molecule has 3 unspecified atom stereocenters. The molecular weight excluding hydrogens is 296 g/mol. The van der Waals surface area contributed by atoms with Crippen molar-refractivity contribution in [2.75, 3.05) is 0 Å². The standard InChI is InChI=1S/C21H30N2O/c22-18-8-10-19(11-9-18)23-20(24)21(13-15-4-2-1-3-5-15)14-16-6-7-17(21)12-16/h1-5,16-19H,6-14,22H2,(H,23,24). The monoisotopic (exact) mass is 326 g/mol. The lowest BCUT2D eigenvalue weighted by Gasteiger charge is -2.38. The number of carbonyl (C=O) groups is 1. The Morgan fingerprint density at radius 2 is 1.83 bits per heavy atom. The lowest BCUT2D eigenvalue weighted by molar-refractivity contribution is -0.135. The average Bonchev–Trinajstić information content (AvgIpc) is 3.19. The largest absolute Gasteiger partial charge is 0.353 e. The van der Waals surface area contributed by atoms with Crippen molar-refractivity contribution < 1.29 is 4.79 Å². The van der Waals surface area contributed by atoms with Crippen molar-refractivity contribution in [3.05, 3.63) is 35.9 Å². The zero-order valence-corrected chi connectivity index (χ0v) is 14.5. The normalized spacial score (nSPS) is 38.2. The van der Waals surface area contributed by atoms with Gasteiger partial charge in [-0.2, -0.15) is 0 Å². The Balaban J connectivity index is 1.51. The van der Waals surface area contributed by atoms with E-state index in [1.54, 1.807) is 0 Å². The van der Waals surface area contributed by atoms with Crippen LogP contribution in [0.5, 0.6) is 0 Å². The maximum absolute atomic E-state index is 13.4. The molecule has 0 saturated heterocycles. The molecule has 3 N–H and O–H groups in total. The van der Waals surface area contributed by atoms with Gasteiger partial charge in [0.1, 0.15) is 0 Å². The Kier molecular flexibility index (Phi) is 4.38. The van der Waals surface area contributed by atoms with Crippen LogP contribution in [0.15, 0.2) is 30.3 Å². The van der Waals surface area contributed by atoms with Crippen LogP contribution in [0, 0.1) is 17.3 Å². The van der Waals surface area contributed by atoms with Gasteiger partial charge in [0.05, 0.1) is 5.41 Å². The third kappa shape index (κ3) is 2.99. The smallest absolute Gasteiger partial charge is 0.227 e. The van der Waals surface area contributed by atoms with E-state index in [4.69, 9.17) is 5.73 Å². The fourth-order valence-corrected chi connectivity index (χ4v) is 5.57. The Bertz CT molecular complexity index is 579. The van der Waals surface area contributed by atoms with Crippen molar-refractivity contribution in [3.63, 3.8) is 0 Å². The van der Waals surface area contributed by atoms with Crippen molar-refractivity contribution in [3.8, 4) is 0 Å². The molecule has 1 amide bonds. The molecule has 1 aromatic carbocycles. The van der Waals surface area contributed by atoms with Crippen LogP contribution in [0.2, 0.25) is 0 Å². The second-order valence-electron chi connectivity index (χ2n) is 8.48. The van der Waals surface area contributed by atoms with Crippen molar-refractivity contribution in [2.45, 2.75) is 69.9 Å². The van der Waals surface area contributed by atoms with Crippen LogP contribution in [0.1, 0.15) is 56.9 Å². The number of nitrogens with one attached hydrogen (secondary N) is 1.